The minimum absolute atomic E-state index is 0.0855. The zero-order valence-corrected chi connectivity index (χ0v) is 19.6. The number of nitrogens with zero attached hydrogens (tertiary/aromatic N) is 1. The van der Waals surface area contributed by atoms with Gasteiger partial charge in [-0.2, -0.15) is 13.2 Å². The molecule has 0 aromatic heterocycles. The van der Waals surface area contributed by atoms with Crippen LogP contribution < -0.4 is 5.32 Å². The number of amides is 1. The highest BCUT2D eigenvalue weighted by Crippen LogP contribution is 2.17. The van der Waals surface area contributed by atoms with E-state index in [-0.39, 0.29) is 23.0 Å². The first kappa shape index (κ1) is 27.6. The zero-order valence-electron chi connectivity index (χ0n) is 17.2. The van der Waals surface area contributed by atoms with Gasteiger partial charge < -0.3 is 15.3 Å². The molecule has 176 valence electrons. The summed E-state index contributed by atoms with van der Waals surface area (Å²) in [7, 11) is 0.504. The first-order valence-electron chi connectivity index (χ1n) is 9.02. The predicted octanol–water partition coefficient (Wildman–Crippen LogP) is 3.95. The van der Waals surface area contributed by atoms with Gasteiger partial charge >= 0.3 is 12.1 Å². The van der Waals surface area contributed by atoms with E-state index in [0.717, 1.165) is 16.6 Å². The minimum atomic E-state index is -5.08. The van der Waals surface area contributed by atoms with Crippen LogP contribution in [0.1, 0.15) is 12.0 Å². The number of carboxylic acids is 1. The molecule has 0 saturated carbocycles. The number of hydrogen-bond acceptors (Lipinski definition) is 5. The molecule has 0 heterocycles. The predicted molar refractivity (Wildman–Crippen MR) is 117 cm³/mol. The molecule has 0 bridgehead atoms. The maximum absolute atomic E-state index is 12.2. The Hall–Kier alpha value is -2.44. The highest BCUT2D eigenvalue weighted by atomic mass is 79.9. The number of aliphatic carboxylic acids is 1. The molecule has 2 aromatic rings. The molecule has 0 aliphatic carbocycles. The topological polar surface area (TPSA) is 104 Å². The molecule has 2 N–H and O–H groups in total. The third kappa shape index (κ3) is 10.2. The largest absolute Gasteiger partial charge is 0.490 e. The molecule has 0 radical (unpaired) electrons. The van der Waals surface area contributed by atoms with Crippen LogP contribution in [0.25, 0.3) is 0 Å². The minimum Gasteiger partial charge on any atom is -0.475 e. The van der Waals surface area contributed by atoms with Gasteiger partial charge in [-0.15, -0.1) is 0 Å². The summed E-state index contributed by atoms with van der Waals surface area (Å²) in [6, 6.07) is 13.9. The van der Waals surface area contributed by atoms with Crippen LogP contribution in [0.15, 0.2) is 57.9 Å². The average molecular weight is 539 g/mol. The summed E-state index contributed by atoms with van der Waals surface area (Å²) in [6.45, 7) is 0.819. The Balaban J connectivity index is 0.000000633. The summed E-state index contributed by atoms with van der Waals surface area (Å²) in [4.78, 5) is 23.2. The van der Waals surface area contributed by atoms with Crippen LogP contribution in [0.5, 0.6) is 0 Å². The lowest BCUT2D eigenvalue weighted by Crippen LogP contribution is -2.21. The van der Waals surface area contributed by atoms with Gasteiger partial charge in [-0.05, 0) is 56.1 Å². The maximum Gasteiger partial charge on any atom is 0.490 e. The summed E-state index contributed by atoms with van der Waals surface area (Å²) in [5.74, 6) is -3.30. The summed E-state index contributed by atoms with van der Waals surface area (Å²) in [6.07, 6.45) is -5.17. The van der Waals surface area contributed by atoms with Crippen molar-refractivity contribution < 1.29 is 36.3 Å². The van der Waals surface area contributed by atoms with Gasteiger partial charge in [0.05, 0.1) is 10.6 Å². The molecule has 0 saturated heterocycles. The molecule has 12 heteroatoms. The summed E-state index contributed by atoms with van der Waals surface area (Å²) < 4.78 is 57.0. The van der Waals surface area contributed by atoms with Gasteiger partial charge in [-0.25, -0.2) is 13.2 Å². The van der Waals surface area contributed by atoms with Crippen molar-refractivity contribution in [1.82, 2.24) is 4.90 Å². The van der Waals surface area contributed by atoms with Crippen molar-refractivity contribution in [3.8, 4) is 0 Å². The number of carboxylic acid groups (broad SMARTS) is 1. The van der Waals surface area contributed by atoms with Crippen LogP contribution in [0, 0.1) is 0 Å². The Kier molecular flexibility index (Phi) is 10.3. The van der Waals surface area contributed by atoms with Gasteiger partial charge in [-0.3, -0.25) is 4.79 Å². The molecule has 7 nitrogen and oxygen atoms in total. The van der Waals surface area contributed by atoms with E-state index in [0.29, 0.717) is 5.69 Å². The lowest BCUT2D eigenvalue weighted by atomic mass is 10.2. The van der Waals surface area contributed by atoms with Crippen molar-refractivity contribution in [2.24, 2.45) is 0 Å². The Morgan fingerprint density at radius 3 is 1.97 bits per heavy atom. The summed E-state index contributed by atoms with van der Waals surface area (Å²) >= 11 is 3.27. The molecule has 2 aromatic carbocycles. The molecule has 2 rings (SSSR count). The van der Waals surface area contributed by atoms with Crippen molar-refractivity contribution in [3.05, 3.63) is 58.6 Å². The third-order valence-electron chi connectivity index (χ3n) is 3.75. The molecule has 0 fully saturated rings. The molecule has 0 aliphatic heterocycles. The molecular weight excluding hydrogens is 517 g/mol. The second-order valence-corrected chi connectivity index (χ2v) is 9.83. The third-order valence-corrected chi connectivity index (χ3v) is 6.01. The number of benzene rings is 2. The van der Waals surface area contributed by atoms with Crippen molar-refractivity contribution >= 4 is 43.3 Å². The maximum atomic E-state index is 12.2. The second kappa shape index (κ2) is 12.0. The Bertz CT molecular complexity index is 1010. The monoisotopic (exact) mass is 538 g/mol. The Morgan fingerprint density at radius 1 is 1.03 bits per heavy atom. The van der Waals surface area contributed by atoms with E-state index in [2.05, 4.69) is 26.1 Å². The van der Waals surface area contributed by atoms with Crippen molar-refractivity contribution in [2.75, 3.05) is 25.2 Å². The first-order valence-corrected chi connectivity index (χ1v) is 11.5. The molecule has 0 atom stereocenters. The Morgan fingerprint density at radius 2 is 1.53 bits per heavy atom. The van der Waals surface area contributed by atoms with Gasteiger partial charge in [0.1, 0.15) is 0 Å². The van der Waals surface area contributed by atoms with E-state index in [1.165, 1.54) is 12.1 Å². The van der Waals surface area contributed by atoms with Crippen LogP contribution in [0.4, 0.5) is 18.9 Å². The fourth-order valence-corrected chi connectivity index (χ4v) is 3.77. The van der Waals surface area contributed by atoms with E-state index in [4.69, 9.17) is 9.90 Å². The van der Waals surface area contributed by atoms with Crippen molar-refractivity contribution in [2.45, 2.75) is 24.0 Å². The van der Waals surface area contributed by atoms with Crippen molar-refractivity contribution in [3.63, 3.8) is 0 Å². The van der Waals surface area contributed by atoms with E-state index >= 15 is 0 Å². The summed E-state index contributed by atoms with van der Waals surface area (Å²) in [5, 5.41) is 9.86. The zero-order chi connectivity index (χ0) is 24.5. The lowest BCUT2D eigenvalue weighted by molar-refractivity contribution is -0.192. The number of hydrogen-bond donors (Lipinski definition) is 2. The number of alkyl halides is 3. The first-order chi connectivity index (χ1) is 14.7. The average Bonchev–Trinajstić information content (AvgIpc) is 2.68. The van der Waals surface area contributed by atoms with Crippen molar-refractivity contribution in [1.29, 1.82) is 0 Å². The number of carbonyl (C=O) groups excluding carboxylic acids is 1. The number of carbonyl (C=O) groups is 2. The van der Waals surface area contributed by atoms with Crippen LogP contribution >= 0.6 is 15.9 Å². The van der Waals surface area contributed by atoms with Gasteiger partial charge in [0.2, 0.25) is 5.91 Å². The van der Waals surface area contributed by atoms with E-state index in [1.807, 2.05) is 38.4 Å². The second-order valence-electron chi connectivity index (χ2n) is 6.81. The number of nitrogens with one attached hydrogen (secondary N) is 1. The molecule has 0 aliphatic rings. The molecule has 32 heavy (non-hydrogen) atoms. The van der Waals surface area contributed by atoms with Gasteiger partial charge in [-0.1, -0.05) is 28.1 Å². The van der Waals surface area contributed by atoms with Gasteiger partial charge in [0, 0.05) is 23.1 Å². The van der Waals surface area contributed by atoms with Crippen LogP contribution in [0.2, 0.25) is 0 Å². The van der Waals surface area contributed by atoms with Gasteiger partial charge in [0.25, 0.3) is 0 Å². The normalized spacial score (nSPS) is 11.5. The fraction of sp³-hybridized carbons (Fsp3) is 0.300. The highest BCUT2D eigenvalue weighted by Gasteiger charge is 2.38. The summed E-state index contributed by atoms with van der Waals surface area (Å²) in [5.41, 5.74) is 1.80. The number of anilines is 1. The molecule has 1 amide bonds. The number of halogens is 4. The van der Waals surface area contributed by atoms with Gasteiger partial charge in [0.15, 0.2) is 9.84 Å². The molecule has 0 spiro atoms. The fourth-order valence-electron chi connectivity index (χ4n) is 2.27. The highest BCUT2D eigenvalue weighted by molar-refractivity contribution is 9.10. The van der Waals surface area contributed by atoms with Crippen LogP contribution in [-0.4, -0.2) is 56.3 Å². The number of rotatable bonds is 7. The van der Waals surface area contributed by atoms with E-state index < -0.39 is 22.0 Å². The van der Waals surface area contributed by atoms with E-state index in [9.17, 15) is 26.4 Å². The SMILES string of the molecule is CN(C)Cc1ccc(NC(=O)CCS(=O)(=O)c2ccc(Br)cc2)cc1.O=C(O)C(F)(F)F. The quantitative estimate of drug-likeness (QED) is 0.553. The molecular formula is C20H22BrF3N2O5S. The van der Waals surface area contributed by atoms with Crippen LogP contribution in [0.3, 0.4) is 0 Å². The Labute approximate surface area is 192 Å². The standard InChI is InChI=1S/C18H21BrN2O3S.C2HF3O2/c1-21(2)13-14-3-7-16(8-4-14)20-18(22)11-12-25(23,24)17-9-5-15(19)6-10-17;3-2(4,5)1(6)7/h3-10H,11-13H2,1-2H3,(H,20,22);(H,6,7). The van der Waals surface area contributed by atoms with Crippen LogP contribution in [-0.2, 0) is 26.0 Å². The lowest BCUT2D eigenvalue weighted by Gasteiger charge is -2.11. The van der Waals surface area contributed by atoms with E-state index in [1.54, 1.807) is 12.1 Å². The number of sulfone groups is 1. The smallest absolute Gasteiger partial charge is 0.475 e. The molecule has 0 unspecified atom stereocenters.